The van der Waals surface area contributed by atoms with E-state index in [2.05, 4.69) is 0 Å². The lowest BCUT2D eigenvalue weighted by Crippen LogP contribution is -2.03. The molecule has 3 nitrogen and oxygen atoms in total. The molecule has 0 spiro atoms. The molecule has 0 heterocycles. The topological polar surface area (TPSA) is 35.5 Å². The maximum absolute atomic E-state index is 11.8. The van der Waals surface area contributed by atoms with Crippen molar-refractivity contribution in [3.8, 4) is 11.5 Å². The number of halogens is 1. The Hall–Kier alpha value is -2.26. The summed E-state index contributed by atoms with van der Waals surface area (Å²) < 4.78 is 10.8. The number of hydrogen-bond donors (Lipinski definition) is 0. The van der Waals surface area contributed by atoms with Crippen LogP contribution in [0.1, 0.15) is 18.9 Å². The third-order valence-corrected chi connectivity index (χ3v) is 3.06. The Morgan fingerprint density at radius 3 is 2.59 bits per heavy atom. The van der Waals surface area contributed by atoms with Crippen LogP contribution in [-0.2, 0) is 4.79 Å². The summed E-state index contributed by atoms with van der Waals surface area (Å²) in [6.07, 6.45) is 3.99. The molecular weight excluding hydrogens is 300 g/mol. The Morgan fingerprint density at radius 1 is 1.14 bits per heavy atom. The zero-order valence-corrected chi connectivity index (χ0v) is 13.0. The first kappa shape index (κ1) is 16.1. The SMILES string of the molecule is CCCOc1ccccc1/C=C/C(=O)Oc1ccc(Cl)cc1. The zero-order valence-electron chi connectivity index (χ0n) is 12.3. The Kier molecular flexibility index (Phi) is 6.04. The van der Waals surface area contributed by atoms with Gasteiger partial charge in [0.25, 0.3) is 0 Å². The molecule has 0 saturated heterocycles. The summed E-state index contributed by atoms with van der Waals surface area (Å²) in [5.41, 5.74) is 0.837. The van der Waals surface area contributed by atoms with Crippen LogP contribution in [0.2, 0.25) is 5.02 Å². The number of carbonyl (C=O) groups is 1. The highest BCUT2D eigenvalue weighted by atomic mass is 35.5. The fourth-order valence-electron chi connectivity index (χ4n) is 1.77. The number of benzene rings is 2. The molecule has 0 atom stereocenters. The van der Waals surface area contributed by atoms with Crippen LogP contribution in [0.25, 0.3) is 6.08 Å². The van der Waals surface area contributed by atoms with Crippen LogP contribution in [0.3, 0.4) is 0 Å². The number of hydrogen-bond acceptors (Lipinski definition) is 3. The minimum atomic E-state index is -0.451. The van der Waals surface area contributed by atoms with Gasteiger partial charge >= 0.3 is 5.97 Å². The lowest BCUT2D eigenvalue weighted by Gasteiger charge is -2.07. The van der Waals surface area contributed by atoms with Crippen molar-refractivity contribution in [1.82, 2.24) is 0 Å². The van der Waals surface area contributed by atoms with E-state index in [1.165, 1.54) is 6.08 Å². The van der Waals surface area contributed by atoms with E-state index in [4.69, 9.17) is 21.1 Å². The number of rotatable bonds is 6. The Balaban J connectivity index is 2.01. The summed E-state index contributed by atoms with van der Waals surface area (Å²) in [5, 5.41) is 0.595. The molecule has 0 fully saturated rings. The largest absolute Gasteiger partial charge is 0.493 e. The second-order valence-corrected chi connectivity index (χ2v) is 5.03. The minimum Gasteiger partial charge on any atom is -0.493 e. The van der Waals surface area contributed by atoms with Crippen LogP contribution in [-0.4, -0.2) is 12.6 Å². The van der Waals surface area contributed by atoms with Gasteiger partial charge in [0, 0.05) is 16.7 Å². The second-order valence-electron chi connectivity index (χ2n) is 4.59. The van der Waals surface area contributed by atoms with Crippen LogP contribution in [0.4, 0.5) is 0 Å². The first-order valence-electron chi connectivity index (χ1n) is 7.06. The molecule has 0 N–H and O–H groups in total. The molecular formula is C18H17ClO3. The van der Waals surface area contributed by atoms with Gasteiger partial charge in [-0.2, -0.15) is 0 Å². The van der Waals surface area contributed by atoms with Crippen LogP contribution in [0.5, 0.6) is 11.5 Å². The van der Waals surface area contributed by atoms with Gasteiger partial charge < -0.3 is 9.47 Å². The monoisotopic (exact) mass is 316 g/mol. The van der Waals surface area contributed by atoms with Crippen molar-refractivity contribution >= 4 is 23.6 Å². The average Bonchev–Trinajstić information content (AvgIpc) is 2.54. The van der Waals surface area contributed by atoms with Gasteiger partial charge in [-0.05, 0) is 42.8 Å². The quantitative estimate of drug-likeness (QED) is 0.438. The maximum Gasteiger partial charge on any atom is 0.336 e. The third-order valence-electron chi connectivity index (χ3n) is 2.81. The molecule has 0 unspecified atom stereocenters. The molecule has 0 aliphatic carbocycles. The first-order valence-corrected chi connectivity index (χ1v) is 7.44. The van der Waals surface area contributed by atoms with E-state index in [9.17, 15) is 4.79 Å². The van der Waals surface area contributed by atoms with Gasteiger partial charge in [-0.3, -0.25) is 0 Å². The van der Waals surface area contributed by atoms with Crippen molar-refractivity contribution in [2.45, 2.75) is 13.3 Å². The molecule has 0 aliphatic rings. The lowest BCUT2D eigenvalue weighted by molar-refractivity contribution is -0.128. The second kappa shape index (κ2) is 8.25. The van der Waals surface area contributed by atoms with Crippen molar-refractivity contribution < 1.29 is 14.3 Å². The number of ether oxygens (including phenoxy) is 2. The van der Waals surface area contributed by atoms with Crippen molar-refractivity contribution in [2.75, 3.05) is 6.61 Å². The van der Waals surface area contributed by atoms with E-state index in [-0.39, 0.29) is 0 Å². The fraction of sp³-hybridized carbons (Fsp3) is 0.167. The summed E-state index contributed by atoms with van der Waals surface area (Å²) in [6, 6.07) is 14.2. The molecule has 0 amide bonds. The van der Waals surface area contributed by atoms with Gasteiger partial charge in [-0.25, -0.2) is 4.79 Å². The van der Waals surface area contributed by atoms with Gasteiger partial charge in [0.2, 0.25) is 0 Å². The molecule has 114 valence electrons. The molecule has 0 saturated carbocycles. The number of para-hydroxylation sites is 1. The van der Waals surface area contributed by atoms with E-state index in [1.54, 1.807) is 30.3 Å². The Bertz CT molecular complexity index is 648. The standard InChI is InChI=1S/C18H17ClO3/c1-2-13-21-17-6-4-3-5-14(17)7-12-18(20)22-16-10-8-15(19)9-11-16/h3-12H,2,13H2,1H3/b12-7+. The fourth-order valence-corrected chi connectivity index (χ4v) is 1.90. The Morgan fingerprint density at radius 2 is 1.86 bits per heavy atom. The van der Waals surface area contributed by atoms with E-state index in [1.807, 2.05) is 31.2 Å². The van der Waals surface area contributed by atoms with Crippen LogP contribution in [0.15, 0.2) is 54.6 Å². The van der Waals surface area contributed by atoms with Crippen molar-refractivity contribution in [2.24, 2.45) is 0 Å². The number of esters is 1. The average molecular weight is 317 g/mol. The summed E-state index contributed by atoms with van der Waals surface area (Å²) in [7, 11) is 0. The van der Waals surface area contributed by atoms with Gasteiger partial charge in [0.15, 0.2) is 0 Å². The van der Waals surface area contributed by atoms with E-state index in [0.29, 0.717) is 17.4 Å². The van der Waals surface area contributed by atoms with Gasteiger partial charge in [0.05, 0.1) is 6.61 Å². The highest BCUT2D eigenvalue weighted by Crippen LogP contribution is 2.20. The molecule has 2 aromatic carbocycles. The molecule has 4 heteroatoms. The maximum atomic E-state index is 11.8. The van der Waals surface area contributed by atoms with E-state index in [0.717, 1.165) is 17.7 Å². The zero-order chi connectivity index (χ0) is 15.8. The van der Waals surface area contributed by atoms with Crippen LogP contribution in [0, 0.1) is 0 Å². The third kappa shape index (κ3) is 4.93. The Labute approximate surface area is 135 Å². The molecule has 0 aromatic heterocycles. The summed E-state index contributed by atoms with van der Waals surface area (Å²) >= 11 is 5.78. The smallest absolute Gasteiger partial charge is 0.336 e. The number of carbonyl (C=O) groups excluding carboxylic acids is 1. The molecule has 22 heavy (non-hydrogen) atoms. The summed E-state index contributed by atoms with van der Waals surface area (Å²) in [4.78, 5) is 11.8. The van der Waals surface area contributed by atoms with Gasteiger partial charge in [-0.1, -0.05) is 36.7 Å². The van der Waals surface area contributed by atoms with Crippen LogP contribution >= 0.6 is 11.6 Å². The summed E-state index contributed by atoms with van der Waals surface area (Å²) in [5.74, 6) is 0.752. The highest BCUT2D eigenvalue weighted by molar-refractivity contribution is 6.30. The van der Waals surface area contributed by atoms with Crippen LogP contribution < -0.4 is 9.47 Å². The highest BCUT2D eigenvalue weighted by Gasteiger charge is 2.03. The molecule has 0 radical (unpaired) electrons. The van der Waals surface area contributed by atoms with E-state index >= 15 is 0 Å². The molecule has 0 aliphatic heterocycles. The normalized spacial score (nSPS) is 10.6. The van der Waals surface area contributed by atoms with Gasteiger partial charge in [0.1, 0.15) is 11.5 Å². The minimum absolute atomic E-state index is 0.451. The first-order chi connectivity index (χ1) is 10.7. The molecule has 2 aromatic rings. The van der Waals surface area contributed by atoms with E-state index < -0.39 is 5.97 Å². The predicted molar refractivity (Wildman–Crippen MR) is 88.3 cm³/mol. The predicted octanol–water partition coefficient (Wildman–Crippen LogP) is 4.75. The molecule has 0 bridgehead atoms. The van der Waals surface area contributed by atoms with Crippen molar-refractivity contribution in [1.29, 1.82) is 0 Å². The molecule has 2 rings (SSSR count). The lowest BCUT2D eigenvalue weighted by atomic mass is 10.2. The van der Waals surface area contributed by atoms with Gasteiger partial charge in [-0.15, -0.1) is 0 Å². The summed E-state index contributed by atoms with van der Waals surface area (Å²) in [6.45, 7) is 2.68. The van der Waals surface area contributed by atoms with Crippen molar-refractivity contribution in [3.63, 3.8) is 0 Å². The van der Waals surface area contributed by atoms with Crippen molar-refractivity contribution in [3.05, 3.63) is 65.2 Å².